The third-order valence-electron chi connectivity index (χ3n) is 2.19. The number of carbonyl (C=O) groups excluding carboxylic acids is 2. The molecule has 2 rings (SSSR count). The van der Waals surface area contributed by atoms with Crippen molar-refractivity contribution in [2.75, 3.05) is 0 Å². The molecule has 2 aromatic rings. The van der Waals surface area contributed by atoms with Crippen LogP contribution in [0.15, 0.2) is 24.4 Å². The van der Waals surface area contributed by atoms with Crippen LogP contribution in [0.5, 0.6) is 5.88 Å². The number of hydrogen-bond donors (Lipinski definition) is 1. The summed E-state index contributed by atoms with van der Waals surface area (Å²) in [7, 11) is 0. The van der Waals surface area contributed by atoms with Crippen LogP contribution in [-0.4, -0.2) is 17.4 Å². The lowest BCUT2D eigenvalue weighted by atomic mass is 10.1. The van der Waals surface area contributed by atoms with Crippen molar-refractivity contribution in [1.29, 1.82) is 0 Å². The smallest absolute Gasteiger partial charge is 0.391 e. The number of nitrogens with zero attached hydrogens (tertiary/aromatic N) is 1. The van der Waals surface area contributed by atoms with Gasteiger partial charge < -0.3 is 10.5 Å². The van der Waals surface area contributed by atoms with E-state index in [0.29, 0.717) is 17.1 Å². The number of aldehydes is 1. The van der Waals surface area contributed by atoms with Crippen LogP contribution in [0.2, 0.25) is 0 Å². The molecule has 0 unspecified atom stereocenters. The molecule has 1 aromatic carbocycles. The van der Waals surface area contributed by atoms with Gasteiger partial charge >= 0.3 is 6.09 Å². The summed E-state index contributed by atoms with van der Waals surface area (Å²) < 4.78 is 17.9. The van der Waals surface area contributed by atoms with Crippen molar-refractivity contribution in [3.8, 4) is 5.88 Å². The molecule has 0 atom stereocenters. The highest BCUT2D eigenvalue weighted by atomic mass is 19.1. The third kappa shape index (κ3) is 2.05. The molecule has 0 radical (unpaired) electrons. The Morgan fingerprint density at radius 1 is 1.47 bits per heavy atom. The maximum Gasteiger partial charge on any atom is 0.411 e. The molecular weight excluding hydrogens is 227 g/mol. The van der Waals surface area contributed by atoms with Crippen molar-refractivity contribution in [3.05, 3.63) is 35.8 Å². The van der Waals surface area contributed by atoms with Gasteiger partial charge in [-0.05, 0) is 12.1 Å². The monoisotopic (exact) mass is 234 g/mol. The zero-order valence-electron chi connectivity index (χ0n) is 8.51. The number of primary amides is 1. The zero-order valence-corrected chi connectivity index (χ0v) is 8.51. The lowest BCUT2D eigenvalue weighted by molar-refractivity contribution is 0.112. The Morgan fingerprint density at radius 2 is 2.24 bits per heavy atom. The quantitative estimate of drug-likeness (QED) is 0.801. The van der Waals surface area contributed by atoms with Crippen LogP contribution >= 0.6 is 0 Å². The first-order valence-corrected chi connectivity index (χ1v) is 4.62. The second-order valence-electron chi connectivity index (χ2n) is 3.24. The van der Waals surface area contributed by atoms with Crippen LogP contribution in [0, 0.1) is 5.82 Å². The summed E-state index contributed by atoms with van der Waals surface area (Å²) in [6.45, 7) is 0. The molecular formula is C11H7FN2O3. The van der Waals surface area contributed by atoms with Crippen LogP contribution in [-0.2, 0) is 0 Å². The number of hydrogen-bond acceptors (Lipinski definition) is 4. The molecule has 5 nitrogen and oxygen atoms in total. The maximum absolute atomic E-state index is 13.3. The predicted octanol–water partition coefficient (Wildman–Crippen LogP) is 1.64. The number of pyridine rings is 1. The molecule has 0 fully saturated rings. The van der Waals surface area contributed by atoms with E-state index in [1.807, 2.05) is 0 Å². The Balaban J connectivity index is 2.65. The maximum atomic E-state index is 13.3. The van der Waals surface area contributed by atoms with E-state index in [1.54, 1.807) is 0 Å². The van der Waals surface area contributed by atoms with E-state index in [0.717, 1.165) is 0 Å². The van der Waals surface area contributed by atoms with E-state index in [9.17, 15) is 14.0 Å². The fourth-order valence-corrected chi connectivity index (χ4v) is 1.47. The van der Waals surface area contributed by atoms with E-state index in [2.05, 4.69) is 9.72 Å². The topological polar surface area (TPSA) is 82.3 Å². The minimum absolute atomic E-state index is 0.0845. The van der Waals surface area contributed by atoms with Crippen molar-refractivity contribution >= 4 is 23.2 Å². The molecule has 0 aliphatic rings. The molecule has 0 bridgehead atoms. The number of benzene rings is 1. The normalized spacial score (nSPS) is 10.2. The predicted molar refractivity (Wildman–Crippen MR) is 57.3 cm³/mol. The number of aromatic nitrogens is 1. The van der Waals surface area contributed by atoms with Crippen LogP contribution < -0.4 is 10.5 Å². The first-order valence-electron chi connectivity index (χ1n) is 4.62. The second-order valence-corrected chi connectivity index (χ2v) is 3.24. The van der Waals surface area contributed by atoms with E-state index >= 15 is 0 Å². The van der Waals surface area contributed by atoms with E-state index < -0.39 is 11.9 Å². The molecule has 86 valence electrons. The van der Waals surface area contributed by atoms with Gasteiger partial charge in [0, 0.05) is 23.0 Å². The van der Waals surface area contributed by atoms with Gasteiger partial charge in [-0.1, -0.05) is 0 Å². The van der Waals surface area contributed by atoms with Crippen molar-refractivity contribution < 1.29 is 18.7 Å². The highest BCUT2D eigenvalue weighted by Gasteiger charge is 2.09. The zero-order chi connectivity index (χ0) is 12.4. The number of ether oxygens (including phenoxy) is 1. The van der Waals surface area contributed by atoms with Crippen molar-refractivity contribution in [1.82, 2.24) is 4.98 Å². The Labute approximate surface area is 95.0 Å². The minimum Gasteiger partial charge on any atom is -0.391 e. The number of carbonyl (C=O) groups is 2. The highest BCUT2D eigenvalue weighted by molar-refractivity contribution is 5.98. The lowest BCUT2D eigenvalue weighted by Gasteiger charge is -2.04. The van der Waals surface area contributed by atoms with Gasteiger partial charge in [-0.15, -0.1) is 0 Å². The van der Waals surface area contributed by atoms with E-state index in [-0.39, 0.29) is 11.4 Å². The molecule has 1 heterocycles. The van der Waals surface area contributed by atoms with Gasteiger partial charge in [0.05, 0.1) is 5.56 Å². The SMILES string of the molecule is NC(=O)Oc1cc2c(C=O)c(F)ccc2cn1. The van der Waals surface area contributed by atoms with Crippen molar-refractivity contribution in [2.24, 2.45) is 5.73 Å². The first kappa shape index (κ1) is 11.0. The van der Waals surface area contributed by atoms with Gasteiger partial charge in [-0.25, -0.2) is 14.2 Å². The fraction of sp³-hybridized carbons (Fsp3) is 0. The molecule has 17 heavy (non-hydrogen) atoms. The van der Waals surface area contributed by atoms with E-state index in [4.69, 9.17) is 5.73 Å². The molecule has 0 aliphatic carbocycles. The van der Waals surface area contributed by atoms with Gasteiger partial charge in [0.25, 0.3) is 0 Å². The Kier molecular flexibility index (Phi) is 2.70. The molecule has 0 saturated heterocycles. The number of amides is 1. The second kappa shape index (κ2) is 4.17. The summed E-state index contributed by atoms with van der Waals surface area (Å²) in [5.41, 5.74) is 4.71. The van der Waals surface area contributed by atoms with Gasteiger partial charge in [0.15, 0.2) is 6.29 Å². The van der Waals surface area contributed by atoms with Crippen LogP contribution in [0.1, 0.15) is 10.4 Å². The average molecular weight is 234 g/mol. The molecule has 0 spiro atoms. The van der Waals surface area contributed by atoms with E-state index in [1.165, 1.54) is 24.4 Å². The summed E-state index contributed by atoms with van der Waals surface area (Å²) in [5.74, 6) is -0.734. The van der Waals surface area contributed by atoms with Crippen LogP contribution in [0.3, 0.4) is 0 Å². The fourth-order valence-electron chi connectivity index (χ4n) is 1.47. The largest absolute Gasteiger partial charge is 0.411 e. The Bertz CT molecular complexity index is 613. The number of fused-ring (bicyclic) bond motifs is 1. The van der Waals surface area contributed by atoms with Gasteiger partial charge in [-0.2, -0.15) is 0 Å². The van der Waals surface area contributed by atoms with Crippen LogP contribution in [0.25, 0.3) is 10.8 Å². The Hall–Kier alpha value is -2.50. The standard InChI is InChI=1S/C11H7FN2O3/c12-9-2-1-6-4-14-10(17-11(13)16)3-7(6)8(9)5-15/h1-5H,(H2,13,16). The van der Waals surface area contributed by atoms with Gasteiger partial charge in [-0.3, -0.25) is 4.79 Å². The number of rotatable bonds is 2. The van der Waals surface area contributed by atoms with Crippen molar-refractivity contribution in [3.63, 3.8) is 0 Å². The van der Waals surface area contributed by atoms with Crippen LogP contribution in [0.4, 0.5) is 9.18 Å². The summed E-state index contributed by atoms with van der Waals surface area (Å²) in [6, 6.07) is 3.92. The Morgan fingerprint density at radius 3 is 2.88 bits per heavy atom. The number of halogens is 1. The summed E-state index contributed by atoms with van der Waals surface area (Å²) in [5, 5.41) is 0.872. The number of nitrogens with two attached hydrogens (primary N) is 1. The van der Waals surface area contributed by atoms with Gasteiger partial charge in [0.2, 0.25) is 5.88 Å². The molecule has 0 saturated carbocycles. The molecule has 6 heteroatoms. The third-order valence-corrected chi connectivity index (χ3v) is 2.19. The first-order chi connectivity index (χ1) is 8.11. The summed E-state index contributed by atoms with van der Waals surface area (Å²) in [6.07, 6.45) is 0.729. The van der Waals surface area contributed by atoms with Gasteiger partial charge in [0.1, 0.15) is 5.82 Å². The molecule has 2 N–H and O–H groups in total. The molecule has 1 aromatic heterocycles. The molecule has 0 aliphatic heterocycles. The minimum atomic E-state index is -1.03. The average Bonchev–Trinajstić information content (AvgIpc) is 2.28. The lowest BCUT2D eigenvalue weighted by Crippen LogP contribution is -2.16. The van der Waals surface area contributed by atoms with Crippen molar-refractivity contribution in [2.45, 2.75) is 0 Å². The summed E-state index contributed by atoms with van der Waals surface area (Å²) >= 11 is 0. The summed E-state index contributed by atoms with van der Waals surface area (Å²) in [4.78, 5) is 25.1. The highest BCUT2D eigenvalue weighted by Crippen LogP contribution is 2.23. The molecule has 1 amide bonds.